The SMILES string of the molecule is CC(C)CC(NC(=O)C(N)Cc1ccccc1)C(=O)NC(CCC(N)=O)C(=O)NC(Cc1ccc(O)cc1)C(=O)O. The van der Waals surface area contributed by atoms with Crippen molar-refractivity contribution in [3.8, 4) is 5.75 Å². The number of hydrogen-bond acceptors (Lipinski definition) is 7. The molecule has 0 aliphatic rings. The number of amides is 4. The fraction of sp³-hybridized carbons (Fsp3) is 0.414. The highest BCUT2D eigenvalue weighted by molar-refractivity contribution is 5.94. The Labute approximate surface area is 238 Å². The molecular formula is C29H39N5O7. The van der Waals surface area contributed by atoms with Gasteiger partial charge in [0.25, 0.3) is 0 Å². The van der Waals surface area contributed by atoms with Crippen molar-refractivity contribution in [2.24, 2.45) is 17.4 Å². The molecule has 0 aromatic heterocycles. The molecule has 0 saturated heterocycles. The van der Waals surface area contributed by atoms with Gasteiger partial charge in [0.05, 0.1) is 6.04 Å². The third kappa shape index (κ3) is 11.7. The second-order valence-electron chi connectivity index (χ2n) is 10.3. The first kappa shape index (κ1) is 32.8. The number of carboxylic acids is 1. The third-order valence-electron chi connectivity index (χ3n) is 6.28. The van der Waals surface area contributed by atoms with E-state index in [-0.39, 0.29) is 43.8 Å². The van der Waals surface area contributed by atoms with Crippen LogP contribution in [0.25, 0.3) is 0 Å². The van der Waals surface area contributed by atoms with Crippen molar-refractivity contribution in [2.75, 3.05) is 0 Å². The number of carboxylic acid groups (broad SMARTS) is 1. The van der Waals surface area contributed by atoms with Crippen molar-refractivity contribution < 1.29 is 34.2 Å². The first-order chi connectivity index (χ1) is 19.3. The maximum Gasteiger partial charge on any atom is 0.326 e. The predicted octanol–water partition coefficient (Wildman–Crippen LogP) is 0.355. The summed E-state index contributed by atoms with van der Waals surface area (Å²) < 4.78 is 0. The minimum absolute atomic E-state index is 0.00273. The first-order valence-corrected chi connectivity index (χ1v) is 13.3. The minimum Gasteiger partial charge on any atom is -0.508 e. The summed E-state index contributed by atoms with van der Waals surface area (Å²) >= 11 is 0. The summed E-state index contributed by atoms with van der Waals surface area (Å²) in [6, 6.07) is 10.3. The Hall–Kier alpha value is -4.45. The van der Waals surface area contributed by atoms with E-state index >= 15 is 0 Å². The van der Waals surface area contributed by atoms with Crippen molar-refractivity contribution in [3.63, 3.8) is 0 Å². The summed E-state index contributed by atoms with van der Waals surface area (Å²) in [7, 11) is 0. The molecule has 12 heteroatoms. The van der Waals surface area contributed by atoms with Crippen LogP contribution in [0.15, 0.2) is 54.6 Å². The Kier molecular flexibility index (Phi) is 12.8. The lowest BCUT2D eigenvalue weighted by Gasteiger charge is -2.26. The van der Waals surface area contributed by atoms with Gasteiger partial charge in [0.15, 0.2) is 0 Å². The fourth-order valence-corrected chi connectivity index (χ4v) is 4.11. The van der Waals surface area contributed by atoms with Crippen LogP contribution in [0.2, 0.25) is 0 Å². The van der Waals surface area contributed by atoms with Crippen LogP contribution in [0.1, 0.15) is 44.2 Å². The van der Waals surface area contributed by atoms with Crippen molar-refractivity contribution in [1.82, 2.24) is 16.0 Å². The number of phenols is 1. The molecule has 2 aromatic rings. The molecule has 0 bridgehead atoms. The lowest BCUT2D eigenvalue weighted by molar-refractivity contribution is -0.142. The van der Waals surface area contributed by atoms with Gasteiger partial charge < -0.3 is 37.6 Å². The molecule has 4 unspecified atom stereocenters. The zero-order valence-corrected chi connectivity index (χ0v) is 23.2. The monoisotopic (exact) mass is 569 g/mol. The number of nitrogens with two attached hydrogens (primary N) is 2. The molecule has 0 fully saturated rings. The number of primary amides is 1. The Morgan fingerprint density at radius 3 is 1.85 bits per heavy atom. The summed E-state index contributed by atoms with van der Waals surface area (Å²) in [5.74, 6) is -4.11. The molecule has 12 nitrogen and oxygen atoms in total. The van der Waals surface area contributed by atoms with E-state index in [1.165, 1.54) is 24.3 Å². The van der Waals surface area contributed by atoms with Crippen LogP contribution in [-0.4, -0.2) is 64.0 Å². The van der Waals surface area contributed by atoms with Gasteiger partial charge >= 0.3 is 5.97 Å². The van der Waals surface area contributed by atoms with Crippen LogP contribution < -0.4 is 27.4 Å². The van der Waals surface area contributed by atoms with E-state index < -0.39 is 53.8 Å². The minimum atomic E-state index is -1.36. The standard InChI is InChI=1S/C29H39N5O7/c1-17(2)14-23(33-26(37)21(30)15-18-6-4-3-5-7-18)28(39)32-22(12-13-25(31)36)27(38)34-24(29(40)41)16-19-8-10-20(35)11-9-19/h3-11,17,21-24,35H,12-16,30H2,1-2H3,(H2,31,36)(H,32,39)(H,33,37)(H,34,38)(H,40,41). The average molecular weight is 570 g/mol. The summed E-state index contributed by atoms with van der Waals surface area (Å²) in [6.07, 6.45) is -0.0446. The normalized spacial score (nSPS) is 13.9. The van der Waals surface area contributed by atoms with Gasteiger partial charge in [0.1, 0.15) is 23.9 Å². The van der Waals surface area contributed by atoms with Gasteiger partial charge in [0.2, 0.25) is 23.6 Å². The molecule has 0 aliphatic carbocycles. The molecule has 0 saturated carbocycles. The van der Waals surface area contributed by atoms with Crippen LogP contribution >= 0.6 is 0 Å². The van der Waals surface area contributed by atoms with Crippen LogP contribution in [0, 0.1) is 5.92 Å². The second kappa shape index (κ2) is 16.0. The molecule has 0 heterocycles. The second-order valence-corrected chi connectivity index (χ2v) is 10.3. The quantitative estimate of drug-likeness (QED) is 0.149. The van der Waals surface area contributed by atoms with Crippen molar-refractivity contribution in [1.29, 1.82) is 0 Å². The maximum absolute atomic E-state index is 13.3. The van der Waals surface area contributed by atoms with E-state index in [0.717, 1.165) is 5.56 Å². The number of hydrogen-bond donors (Lipinski definition) is 7. The molecule has 222 valence electrons. The number of carbonyl (C=O) groups is 5. The number of carbonyl (C=O) groups excluding carboxylic acids is 4. The molecule has 4 amide bonds. The molecule has 9 N–H and O–H groups in total. The Bertz CT molecular complexity index is 1190. The predicted molar refractivity (Wildman–Crippen MR) is 151 cm³/mol. The van der Waals surface area contributed by atoms with Gasteiger partial charge in [-0.2, -0.15) is 0 Å². The van der Waals surface area contributed by atoms with Gasteiger partial charge in [-0.05, 0) is 48.4 Å². The van der Waals surface area contributed by atoms with E-state index in [0.29, 0.717) is 5.56 Å². The lowest BCUT2D eigenvalue weighted by Crippen LogP contribution is -2.57. The van der Waals surface area contributed by atoms with Gasteiger partial charge in [-0.25, -0.2) is 4.79 Å². The third-order valence-corrected chi connectivity index (χ3v) is 6.28. The number of benzene rings is 2. The fourth-order valence-electron chi connectivity index (χ4n) is 4.11. The molecular weight excluding hydrogens is 530 g/mol. The zero-order chi connectivity index (χ0) is 30.5. The van der Waals surface area contributed by atoms with Crippen LogP contribution in [0.5, 0.6) is 5.75 Å². The van der Waals surface area contributed by atoms with E-state index in [9.17, 15) is 34.2 Å². The molecule has 0 aliphatic heterocycles. The molecule has 41 heavy (non-hydrogen) atoms. The lowest BCUT2D eigenvalue weighted by atomic mass is 10.0. The summed E-state index contributed by atoms with van der Waals surface area (Å²) in [5, 5.41) is 26.7. The summed E-state index contributed by atoms with van der Waals surface area (Å²) in [6.45, 7) is 3.71. The Balaban J connectivity index is 2.15. The van der Waals surface area contributed by atoms with Crippen LogP contribution in [-0.2, 0) is 36.8 Å². The number of phenolic OH excluding ortho intramolecular Hbond substituents is 1. The van der Waals surface area contributed by atoms with Crippen molar-refractivity contribution in [3.05, 3.63) is 65.7 Å². The van der Waals surface area contributed by atoms with Crippen molar-refractivity contribution in [2.45, 2.75) is 70.1 Å². The Morgan fingerprint density at radius 2 is 1.29 bits per heavy atom. The van der Waals surface area contributed by atoms with Crippen LogP contribution in [0.3, 0.4) is 0 Å². The van der Waals surface area contributed by atoms with Gasteiger partial charge in [-0.15, -0.1) is 0 Å². The van der Waals surface area contributed by atoms with E-state index in [4.69, 9.17) is 11.5 Å². The van der Waals surface area contributed by atoms with Gasteiger partial charge in [-0.3, -0.25) is 19.2 Å². The average Bonchev–Trinajstić information content (AvgIpc) is 2.91. The zero-order valence-electron chi connectivity index (χ0n) is 23.2. The number of rotatable bonds is 16. The maximum atomic E-state index is 13.3. The molecule has 4 atom stereocenters. The topological polar surface area (TPSA) is 214 Å². The van der Waals surface area contributed by atoms with Gasteiger partial charge in [0, 0.05) is 12.8 Å². The largest absolute Gasteiger partial charge is 0.508 e. The molecule has 2 rings (SSSR count). The smallest absolute Gasteiger partial charge is 0.326 e. The molecule has 2 aromatic carbocycles. The molecule has 0 spiro atoms. The summed E-state index contributed by atoms with van der Waals surface area (Å²) in [5.41, 5.74) is 12.7. The van der Waals surface area contributed by atoms with Gasteiger partial charge in [-0.1, -0.05) is 56.3 Å². The first-order valence-electron chi connectivity index (χ1n) is 13.3. The van der Waals surface area contributed by atoms with E-state index in [1.54, 1.807) is 0 Å². The highest BCUT2D eigenvalue weighted by Gasteiger charge is 2.31. The van der Waals surface area contributed by atoms with Crippen molar-refractivity contribution >= 4 is 29.6 Å². The number of nitrogens with one attached hydrogen (secondary N) is 3. The highest BCUT2D eigenvalue weighted by atomic mass is 16.4. The van der Waals surface area contributed by atoms with E-state index in [1.807, 2.05) is 44.2 Å². The number of aromatic hydroxyl groups is 1. The van der Waals surface area contributed by atoms with Crippen LogP contribution in [0.4, 0.5) is 0 Å². The molecule has 0 radical (unpaired) electrons. The Morgan fingerprint density at radius 1 is 0.756 bits per heavy atom. The summed E-state index contributed by atoms with van der Waals surface area (Å²) in [4.78, 5) is 62.6. The highest BCUT2D eigenvalue weighted by Crippen LogP contribution is 2.12. The van der Waals surface area contributed by atoms with E-state index in [2.05, 4.69) is 16.0 Å². The number of aliphatic carboxylic acids is 1.